The fraction of sp³-hybridized carbons (Fsp3) is 0.308. The summed E-state index contributed by atoms with van der Waals surface area (Å²) in [6.07, 6.45) is 1.43. The van der Waals surface area contributed by atoms with Gasteiger partial charge in [-0.2, -0.15) is 0 Å². The second-order valence-electron chi connectivity index (χ2n) is 4.31. The highest BCUT2D eigenvalue weighted by Crippen LogP contribution is 2.26. The van der Waals surface area contributed by atoms with Gasteiger partial charge in [0.2, 0.25) is 0 Å². The van der Waals surface area contributed by atoms with Crippen LogP contribution in [0.25, 0.3) is 10.9 Å². The van der Waals surface area contributed by atoms with Crippen molar-refractivity contribution in [1.82, 2.24) is 9.97 Å². The molecule has 0 amide bonds. The molecule has 2 N–H and O–H groups in total. The first-order valence-corrected chi connectivity index (χ1v) is 6.82. The van der Waals surface area contributed by atoms with Crippen LogP contribution < -0.4 is 0 Å². The van der Waals surface area contributed by atoms with E-state index in [4.69, 9.17) is 10.2 Å². The van der Waals surface area contributed by atoms with Crippen molar-refractivity contribution in [1.29, 1.82) is 0 Å². The molecule has 1 aromatic heterocycles. The second kappa shape index (κ2) is 5.99. The van der Waals surface area contributed by atoms with Gasteiger partial charge in [-0.1, -0.05) is 6.92 Å². The monoisotopic (exact) mass is 278 g/mol. The maximum Gasteiger partial charge on any atom is 0.335 e. The molecule has 2 aromatic rings. The lowest BCUT2D eigenvalue weighted by Gasteiger charge is -2.08. The summed E-state index contributed by atoms with van der Waals surface area (Å²) in [6, 6.07) is 4.82. The standard InChI is InChI=1S/C13H14N2O3S/c1-8(5-16)6-19-12-10-3-2-9(13(17)18)4-11(10)14-7-15-12/h2-4,7-8,16H,5-6H2,1H3,(H,17,18). The Kier molecular flexibility index (Phi) is 4.34. The summed E-state index contributed by atoms with van der Waals surface area (Å²) in [7, 11) is 0. The van der Waals surface area contributed by atoms with Crippen LogP contribution in [-0.2, 0) is 0 Å². The fourth-order valence-corrected chi connectivity index (χ4v) is 2.55. The predicted octanol–water partition coefficient (Wildman–Crippen LogP) is 2.05. The van der Waals surface area contributed by atoms with Crippen LogP contribution in [0.15, 0.2) is 29.6 Å². The van der Waals surface area contributed by atoms with Gasteiger partial charge in [-0.3, -0.25) is 0 Å². The second-order valence-corrected chi connectivity index (χ2v) is 5.32. The molecule has 0 spiro atoms. The van der Waals surface area contributed by atoms with Crippen molar-refractivity contribution in [3.8, 4) is 0 Å². The van der Waals surface area contributed by atoms with E-state index < -0.39 is 5.97 Å². The van der Waals surface area contributed by atoms with Crippen LogP contribution in [0.5, 0.6) is 0 Å². The number of aliphatic hydroxyl groups excluding tert-OH is 1. The normalized spacial score (nSPS) is 12.5. The Labute approximate surface area is 114 Å². The third-order valence-electron chi connectivity index (χ3n) is 2.66. The van der Waals surface area contributed by atoms with Crippen LogP contribution in [0.2, 0.25) is 0 Å². The Morgan fingerprint density at radius 1 is 1.42 bits per heavy atom. The number of hydrogen-bond donors (Lipinski definition) is 2. The highest BCUT2D eigenvalue weighted by molar-refractivity contribution is 7.99. The first kappa shape index (κ1) is 13.8. The number of carboxylic acid groups (broad SMARTS) is 1. The number of fused-ring (bicyclic) bond motifs is 1. The van der Waals surface area contributed by atoms with Gasteiger partial charge >= 0.3 is 5.97 Å². The average molecular weight is 278 g/mol. The molecule has 0 aliphatic carbocycles. The molecule has 0 saturated heterocycles. The lowest BCUT2D eigenvalue weighted by atomic mass is 10.1. The molecular weight excluding hydrogens is 264 g/mol. The molecule has 2 rings (SSSR count). The van der Waals surface area contributed by atoms with Gasteiger partial charge < -0.3 is 10.2 Å². The Morgan fingerprint density at radius 2 is 2.21 bits per heavy atom. The van der Waals surface area contributed by atoms with E-state index in [9.17, 15) is 4.79 Å². The minimum atomic E-state index is -0.969. The molecule has 0 aliphatic heterocycles. The van der Waals surface area contributed by atoms with Crippen LogP contribution in [0.3, 0.4) is 0 Å². The third kappa shape index (κ3) is 3.21. The third-order valence-corrected chi connectivity index (χ3v) is 4.00. The first-order valence-electron chi connectivity index (χ1n) is 5.83. The van der Waals surface area contributed by atoms with Gasteiger partial charge in [0.1, 0.15) is 11.4 Å². The Bertz CT molecular complexity index is 603. The lowest BCUT2D eigenvalue weighted by Crippen LogP contribution is -2.03. The molecule has 0 saturated carbocycles. The molecule has 1 heterocycles. The molecule has 19 heavy (non-hydrogen) atoms. The zero-order valence-electron chi connectivity index (χ0n) is 10.4. The number of aromatic nitrogens is 2. The van der Waals surface area contributed by atoms with E-state index in [1.807, 2.05) is 6.92 Å². The number of aliphatic hydroxyl groups is 1. The van der Waals surface area contributed by atoms with E-state index in [0.717, 1.165) is 16.2 Å². The zero-order chi connectivity index (χ0) is 13.8. The van der Waals surface area contributed by atoms with Crippen molar-refractivity contribution in [3.63, 3.8) is 0 Å². The average Bonchev–Trinajstić information content (AvgIpc) is 2.43. The molecule has 5 nitrogen and oxygen atoms in total. The topological polar surface area (TPSA) is 83.3 Å². The van der Waals surface area contributed by atoms with E-state index >= 15 is 0 Å². The Balaban J connectivity index is 2.32. The van der Waals surface area contributed by atoms with Gasteiger partial charge in [0, 0.05) is 17.7 Å². The maximum absolute atomic E-state index is 10.9. The number of carboxylic acids is 1. The van der Waals surface area contributed by atoms with Gasteiger partial charge in [0.05, 0.1) is 11.1 Å². The molecule has 0 radical (unpaired) electrons. The lowest BCUT2D eigenvalue weighted by molar-refractivity contribution is 0.0697. The minimum absolute atomic E-state index is 0.138. The highest BCUT2D eigenvalue weighted by atomic mass is 32.2. The molecule has 0 bridgehead atoms. The van der Waals surface area contributed by atoms with E-state index in [0.29, 0.717) is 5.52 Å². The number of nitrogens with zero attached hydrogens (tertiary/aromatic N) is 2. The summed E-state index contributed by atoms with van der Waals surface area (Å²) in [5.41, 5.74) is 0.833. The van der Waals surface area contributed by atoms with Crippen molar-refractivity contribution in [2.24, 2.45) is 5.92 Å². The highest BCUT2D eigenvalue weighted by Gasteiger charge is 2.09. The SMILES string of the molecule is CC(CO)CSc1ncnc2cc(C(=O)O)ccc12. The van der Waals surface area contributed by atoms with Crippen molar-refractivity contribution in [2.75, 3.05) is 12.4 Å². The van der Waals surface area contributed by atoms with Gasteiger partial charge in [0.15, 0.2) is 0 Å². The fourth-order valence-electron chi connectivity index (χ4n) is 1.55. The molecule has 1 aromatic carbocycles. The molecule has 0 aliphatic rings. The Morgan fingerprint density at radius 3 is 2.89 bits per heavy atom. The van der Waals surface area contributed by atoms with Crippen LogP contribution in [-0.4, -0.2) is 38.5 Å². The van der Waals surface area contributed by atoms with Crippen molar-refractivity contribution >= 4 is 28.6 Å². The Hall–Kier alpha value is -1.66. The summed E-state index contributed by atoms with van der Waals surface area (Å²) in [5.74, 6) is -0.0274. The van der Waals surface area contributed by atoms with Crippen molar-refractivity contribution in [2.45, 2.75) is 11.9 Å². The number of aromatic carboxylic acids is 1. The molecule has 1 unspecified atom stereocenters. The number of hydrogen-bond acceptors (Lipinski definition) is 5. The number of benzene rings is 1. The van der Waals surface area contributed by atoms with E-state index in [2.05, 4.69) is 9.97 Å². The molecule has 1 atom stereocenters. The van der Waals surface area contributed by atoms with E-state index in [-0.39, 0.29) is 18.1 Å². The minimum Gasteiger partial charge on any atom is -0.478 e. The molecule has 6 heteroatoms. The number of rotatable bonds is 5. The van der Waals surface area contributed by atoms with Crippen molar-refractivity contribution < 1.29 is 15.0 Å². The van der Waals surface area contributed by atoms with Gasteiger partial charge in [-0.15, -0.1) is 11.8 Å². The van der Waals surface area contributed by atoms with Crippen LogP contribution in [0, 0.1) is 5.92 Å². The first-order chi connectivity index (χ1) is 9.11. The number of thioether (sulfide) groups is 1. The van der Waals surface area contributed by atoms with E-state index in [1.165, 1.54) is 18.1 Å². The summed E-state index contributed by atoms with van der Waals surface area (Å²) in [4.78, 5) is 19.2. The van der Waals surface area contributed by atoms with Gasteiger partial charge in [-0.25, -0.2) is 14.8 Å². The van der Waals surface area contributed by atoms with Crippen molar-refractivity contribution in [3.05, 3.63) is 30.1 Å². The maximum atomic E-state index is 10.9. The summed E-state index contributed by atoms with van der Waals surface area (Å²) in [5, 5.41) is 19.6. The smallest absolute Gasteiger partial charge is 0.335 e. The molecule has 100 valence electrons. The number of carbonyl (C=O) groups is 1. The van der Waals surface area contributed by atoms with Gasteiger partial charge in [0.25, 0.3) is 0 Å². The molecular formula is C13H14N2O3S. The van der Waals surface area contributed by atoms with E-state index in [1.54, 1.807) is 18.2 Å². The summed E-state index contributed by atoms with van der Waals surface area (Å²) in [6.45, 7) is 2.10. The molecule has 0 fully saturated rings. The summed E-state index contributed by atoms with van der Waals surface area (Å²) < 4.78 is 0. The quantitative estimate of drug-likeness (QED) is 0.643. The van der Waals surface area contributed by atoms with Crippen LogP contribution in [0.4, 0.5) is 0 Å². The van der Waals surface area contributed by atoms with Crippen LogP contribution in [0.1, 0.15) is 17.3 Å². The summed E-state index contributed by atoms with van der Waals surface area (Å²) >= 11 is 1.54. The largest absolute Gasteiger partial charge is 0.478 e. The van der Waals surface area contributed by atoms with Crippen LogP contribution >= 0.6 is 11.8 Å². The van der Waals surface area contributed by atoms with Gasteiger partial charge in [-0.05, 0) is 24.1 Å². The zero-order valence-corrected chi connectivity index (χ0v) is 11.2. The predicted molar refractivity (Wildman–Crippen MR) is 73.5 cm³/mol.